The van der Waals surface area contributed by atoms with Crippen LogP contribution in [0.5, 0.6) is 0 Å². The Bertz CT molecular complexity index is 994. The van der Waals surface area contributed by atoms with Gasteiger partial charge in [-0.2, -0.15) is 0 Å². The summed E-state index contributed by atoms with van der Waals surface area (Å²) in [6, 6.07) is 9.17. The van der Waals surface area contributed by atoms with Gasteiger partial charge in [0.1, 0.15) is 5.69 Å². The smallest absolute Gasteiger partial charge is 0.251 e. The highest BCUT2D eigenvalue weighted by molar-refractivity contribution is 7.16. The molecule has 118 valence electrons. The molecule has 3 aromatic heterocycles. The molecule has 4 rings (SSSR count). The summed E-state index contributed by atoms with van der Waals surface area (Å²) >= 11 is 1.51. The lowest BCUT2D eigenvalue weighted by molar-refractivity contribution is 0.0950. The van der Waals surface area contributed by atoms with E-state index in [-0.39, 0.29) is 5.91 Å². The maximum absolute atomic E-state index is 12.3. The molecule has 0 aliphatic rings. The van der Waals surface area contributed by atoms with Crippen molar-refractivity contribution in [2.45, 2.75) is 6.54 Å². The fourth-order valence-electron chi connectivity index (χ4n) is 2.26. The molecule has 0 spiro atoms. The predicted molar refractivity (Wildman–Crippen MR) is 89.9 cm³/mol. The van der Waals surface area contributed by atoms with E-state index in [0.717, 1.165) is 15.9 Å². The molecule has 0 saturated carbocycles. The second-order valence-electron chi connectivity index (χ2n) is 5.08. The number of aromatic nitrogens is 5. The van der Waals surface area contributed by atoms with Gasteiger partial charge in [0.25, 0.3) is 5.91 Å². The summed E-state index contributed by atoms with van der Waals surface area (Å²) in [6.07, 6.45) is 5.16. The van der Waals surface area contributed by atoms with Gasteiger partial charge in [-0.3, -0.25) is 9.78 Å². The maximum Gasteiger partial charge on any atom is 0.251 e. The number of pyridine rings is 1. The number of carbonyl (C=O) groups is 1. The molecular weight excluding hydrogens is 324 g/mol. The van der Waals surface area contributed by atoms with Crippen molar-refractivity contribution in [3.63, 3.8) is 0 Å². The highest BCUT2D eigenvalue weighted by atomic mass is 32.1. The number of rotatable bonds is 4. The zero-order chi connectivity index (χ0) is 16.4. The van der Waals surface area contributed by atoms with Crippen LogP contribution in [0.15, 0.2) is 54.4 Å². The van der Waals surface area contributed by atoms with Crippen LogP contribution in [0.2, 0.25) is 0 Å². The molecule has 3 heterocycles. The molecule has 0 aliphatic heterocycles. The second-order valence-corrected chi connectivity index (χ2v) is 5.97. The minimum atomic E-state index is -0.152. The van der Waals surface area contributed by atoms with E-state index in [1.807, 2.05) is 24.3 Å². The van der Waals surface area contributed by atoms with Gasteiger partial charge < -0.3 is 5.32 Å². The average Bonchev–Trinajstić information content (AvgIpc) is 3.29. The van der Waals surface area contributed by atoms with Crippen LogP contribution in [0.3, 0.4) is 0 Å². The summed E-state index contributed by atoms with van der Waals surface area (Å²) in [5.74, 6) is -0.152. The standard InChI is InChI=1S/C16H12N6OS/c23-16(11-3-4-14-15(6-11)24-10-19-14)18-7-12-9-22(21-20-12)13-2-1-5-17-8-13/h1-6,8-10H,7H2,(H,18,23). The third-order valence-electron chi connectivity index (χ3n) is 3.47. The molecule has 0 fully saturated rings. The summed E-state index contributed by atoms with van der Waals surface area (Å²) in [6.45, 7) is 0.305. The van der Waals surface area contributed by atoms with Gasteiger partial charge in [-0.1, -0.05) is 5.21 Å². The predicted octanol–water partition coefficient (Wildman–Crippen LogP) is 2.20. The number of hydrogen-bond acceptors (Lipinski definition) is 6. The number of carbonyl (C=O) groups excluding carboxylic acids is 1. The van der Waals surface area contributed by atoms with Crippen LogP contribution in [0.25, 0.3) is 15.9 Å². The molecule has 4 aromatic rings. The Morgan fingerprint density at radius 2 is 2.25 bits per heavy atom. The van der Waals surface area contributed by atoms with Crippen molar-refractivity contribution in [1.82, 2.24) is 30.3 Å². The van der Waals surface area contributed by atoms with Crippen molar-refractivity contribution in [1.29, 1.82) is 0 Å². The Morgan fingerprint density at radius 3 is 3.12 bits per heavy atom. The molecule has 0 bridgehead atoms. The largest absolute Gasteiger partial charge is 0.346 e. The van der Waals surface area contributed by atoms with E-state index in [0.29, 0.717) is 17.8 Å². The van der Waals surface area contributed by atoms with E-state index < -0.39 is 0 Å². The molecule has 0 atom stereocenters. The van der Waals surface area contributed by atoms with Gasteiger partial charge in [-0.05, 0) is 30.3 Å². The van der Waals surface area contributed by atoms with Crippen molar-refractivity contribution in [2.75, 3.05) is 0 Å². The summed E-state index contributed by atoms with van der Waals surface area (Å²) in [4.78, 5) is 20.5. The van der Waals surface area contributed by atoms with E-state index in [2.05, 4.69) is 25.6 Å². The van der Waals surface area contributed by atoms with Crippen molar-refractivity contribution in [3.05, 3.63) is 65.7 Å². The van der Waals surface area contributed by atoms with E-state index in [9.17, 15) is 4.79 Å². The molecule has 24 heavy (non-hydrogen) atoms. The van der Waals surface area contributed by atoms with Crippen LogP contribution in [-0.4, -0.2) is 30.9 Å². The quantitative estimate of drug-likeness (QED) is 0.617. The SMILES string of the molecule is O=C(NCc1cn(-c2cccnc2)nn1)c1ccc2ncsc2c1. The van der Waals surface area contributed by atoms with E-state index >= 15 is 0 Å². The number of hydrogen-bond donors (Lipinski definition) is 1. The van der Waals surface area contributed by atoms with E-state index in [1.54, 1.807) is 34.8 Å². The zero-order valence-electron chi connectivity index (χ0n) is 12.5. The summed E-state index contributed by atoms with van der Waals surface area (Å²) in [5, 5.41) is 11.0. The topological polar surface area (TPSA) is 85.6 Å². The van der Waals surface area contributed by atoms with Crippen LogP contribution in [0, 0.1) is 0 Å². The number of nitrogens with zero attached hydrogens (tertiary/aromatic N) is 5. The Labute approximate surface area is 141 Å². The Morgan fingerprint density at radius 1 is 1.29 bits per heavy atom. The summed E-state index contributed by atoms with van der Waals surface area (Å²) in [5.41, 5.74) is 4.76. The lowest BCUT2D eigenvalue weighted by Gasteiger charge is -2.03. The molecule has 8 heteroatoms. The highest BCUT2D eigenvalue weighted by Crippen LogP contribution is 2.19. The molecule has 0 aliphatic carbocycles. The number of thiazole rings is 1. The van der Waals surface area contributed by atoms with E-state index in [4.69, 9.17) is 0 Å². The Balaban J connectivity index is 1.45. The van der Waals surface area contributed by atoms with Gasteiger partial charge in [0.15, 0.2) is 0 Å². The first-order valence-corrected chi connectivity index (χ1v) is 8.11. The highest BCUT2D eigenvalue weighted by Gasteiger charge is 2.09. The second kappa shape index (κ2) is 6.17. The van der Waals surface area contributed by atoms with Gasteiger partial charge in [0.2, 0.25) is 0 Å². The molecule has 0 saturated heterocycles. The van der Waals surface area contributed by atoms with Crippen LogP contribution in [0.4, 0.5) is 0 Å². The first kappa shape index (κ1) is 14.5. The van der Waals surface area contributed by atoms with Crippen LogP contribution in [0.1, 0.15) is 16.1 Å². The number of amides is 1. The molecule has 1 aromatic carbocycles. The van der Waals surface area contributed by atoms with Gasteiger partial charge in [-0.15, -0.1) is 16.4 Å². The van der Waals surface area contributed by atoms with Crippen molar-refractivity contribution < 1.29 is 4.79 Å². The van der Waals surface area contributed by atoms with Gasteiger partial charge in [-0.25, -0.2) is 9.67 Å². The Kier molecular flexibility index (Phi) is 3.72. The van der Waals surface area contributed by atoms with Gasteiger partial charge in [0, 0.05) is 11.8 Å². The van der Waals surface area contributed by atoms with Gasteiger partial charge in [0.05, 0.1) is 40.4 Å². The molecule has 7 nitrogen and oxygen atoms in total. The molecule has 0 radical (unpaired) electrons. The average molecular weight is 336 g/mol. The summed E-state index contributed by atoms with van der Waals surface area (Å²) in [7, 11) is 0. The van der Waals surface area contributed by atoms with Crippen molar-refractivity contribution in [2.24, 2.45) is 0 Å². The summed E-state index contributed by atoms with van der Waals surface area (Å²) < 4.78 is 2.61. The lowest BCUT2D eigenvalue weighted by Crippen LogP contribution is -2.22. The molecule has 1 amide bonds. The molecule has 1 N–H and O–H groups in total. The molecular formula is C16H12N6OS. The third-order valence-corrected chi connectivity index (χ3v) is 4.27. The van der Waals surface area contributed by atoms with Gasteiger partial charge >= 0.3 is 0 Å². The fraction of sp³-hybridized carbons (Fsp3) is 0.0625. The van der Waals surface area contributed by atoms with Crippen LogP contribution < -0.4 is 5.32 Å². The third kappa shape index (κ3) is 2.86. The fourth-order valence-corrected chi connectivity index (χ4v) is 2.98. The van der Waals surface area contributed by atoms with E-state index in [1.165, 1.54) is 11.3 Å². The molecule has 0 unspecified atom stereocenters. The number of fused-ring (bicyclic) bond motifs is 1. The van der Waals surface area contributed by atoms with Crippen molar-refractivity contribution in [3.8, 4) is 5.69 Å². The monoisotopic (exact) mass is 336 g/mol. The normalized spacial score (nSPS) is 10.8. The van der Waals surface area contributed by atoms with Crippen molar-refractivity contribution >= 4 is 27.5 Å². The maximum atomic E-state index is 12.3. The lowest BCUT2D eigenvalue weighted by atomic mass is 10.2. The first-order chi connectivity index (χ1) is 11.8. The minimum Gasteiger partial charge on any atom is -0.346 e. The van der Waals surface area contributed by atoms with Crippen LogP contribution in [-0.2, 0) is 6.54 Å². The zero-order valence-corrected chi connectivity index (χ0v) is 13.3. The number of benzene rings is 1. The first-order valence-electron chi connectivity index (χ1n) is 7.23. The van der Waals surface area contributed by atoms with Crippen LogP contribution >= 0.6 is 11.3 Å². The minimum absolute atomic E-state index is 0.152. The number of nitrogens with one attached hydrogen (secondary N) is 1. The Hall–Kier alpha value is -3.13.